The normalized spacial score (nSPS) is 12.5. The first kappa shape index (κ1) is 57.1. The molecule has 6 nitrogen and oxygen atoms in total. The molecule has 6 heteroatoms. The molecule has 0 aliphatic carbocycles. The summed E-state index contributed by atoms with van der Waals surface area (Å²) in [4.78, 5) is 37.9. The van der Waals surface area contributed by atoms with Crippen LogP contribution in [-0.2, 0) is 28.6 Å². The van der Waals surface area contributed by atoms with Gasteiger partial charge in [0.25, 0.3) is 0 Å². The van der Waals surface area contributed by atoms with Crippen LogP contribution in [0.25, 0.3) is 0 Å². The summed E-state index contributed by atoms with van der Waals surface area (Å²) in [6.45, 7) is 6.47. The third-order valence-corrected chi connectivity index (χ3v) is 10.7. The van der Waals surface area contributed by atoms with Gasteiger partial charge in [-0.3, -0.25) is 14.4 Å². The quantitative estimate of drug-likeness (QED) is 0.0263. The maximum atomic E-state index is 12.8. The number of carbonyl (C=O) groups is 3. The molecule has 0 saturated carbocycles. The van der Waals surface area contributed by atoms with Crippen LogP contribution in [0.4, 0.5) is 0 Å². The lowest BCUT2D eigenvalue weighted by molar-refractivity contribution is -0.167. The van der Waals surface area contributed by atoms with Gasteiger partial charge >= 0.3 is 17.9 Å². The zero-order valence-corrected chi connectivity index (χ0v) is 39.5. The molecule has 0 aliphatic rings. The van der Waals surface area contributed by atoms with Gasteiger partial charge in [0.15, 0.2) is 6.10 Å². The van der Waals surface area contributed by atoms with Crippen molar-refractivity contribution in [1.82, 2.24) is 0 Å². The number of unbranched alkanes of at least 4 members (excludes halogenated alkanes) is 24. The Kier molecular flexibility index (Phi) is 46.4. The minimum absolute atomic E-state index is 0.0874. The first-order valence-electron chi connectivity index (χ1n) is 25.3. The number of rotatable bonds is 45. The van der Waals surface area contributed by atoms with Crippen LogP contribution in [0.3, 0.4) is 0 Å². The molecule has 0 N–H and O–H groups in total. The Morgan fingerprint density at radius 2 is 0.650 bits per heavy atom. The van der Waals surface area contributed by atoms with Gasteiger partial charge in [-0.15, -0.1) is 0 Å². The number of ether oxygens (including phenoxy) is 3. The number of hydrogen-bond acceptors (Lipinski definition) is 6. The highest BCUT2D eigenvalue weighted by Crippen LogP contribution is 2.14. The van der Waals surface area contributed by atoms with E-state index < -0.39 is 6.10 Å². The Morgan fingerprint density at radius 1 is 0.350 bits per heavy atom. The Morgan fingerprint density at radius 3 is 1.05 bits per heavy atom. The lowest BCUT2D eigenvalue weighted by Crippen LogP contribution is -2.30. The van der Waals surface area contributed by atoms with Crippen LogP contribution in [0.2, 0.25) is 0 Å². The summed E-state index contributed by atoms with van der Waals surface area (Å²) in [6.07, 6.45) is 59.1. The summed E-state index contributed by atoms with van der Waals surface area (Å²) in [7, 11) is 0. The van der Waals surface area contributed by atoms with E-state index in [1.807, 2.05) is 0 Å². The van der Waals surface area contributed by atoms with Gasteiger partial charge in [0.1, 0.15) is 13.2 Å². The van der Waals surface area contributed by atoms with Gasteiger partial charge in [0, 0.05) is 19.3 Å². The van der Waals surface area contributed by atoms with Crippen LogP contribution in [0, 0.1) is 0 Å². The summed E-state index contributed by atoms with van der Waals surface area (Å²) >= 11 is 0. The zero-order chi connectivity index (χ0) is 43.7. The molecule has 60 heavy (non-hydrogen) atoms. The molecule has 0 heterocycles. The molecule has 0 aromatic rings. The molecule has 0 spiro atoms. The monoisotopic (exact) mass is 839 g/mol. The summed E-state index contributed by atoms with van der Waals surface area (Å²) < 4.78 is 16.8. The molecule has 0 unspecified atom stereocenters. The smallest absolute Gasteiger partial charge is 0.306 e. The van der Waals surface area contributed by atoms with Crippen molar-refractivity contribution in [3.63, 3.8) is 0 Å². The maximum Gasteiger partial charge on any atom is 0.306 e. The van der Waals surface area contributed by atoms with Gasteiger partial charge in [-0.1, -0.05) is 184 Å². The second kappa shape index (κ2) is 48.8. The fourth-order valence-corrected chi connectivity index (χ4v) is 6.92. The largest absolute Gasteiger partial charge is 0.462 e. The average Bonchev–Trinajstić information content (AvgIpc) is 3.24. The Balaban J connectivity index is 4.43. The number of esters is 3. The molecule has 0 aromatic heterocycles. The molecule has 346 valence electrons. The first-order chi connectivity index (χ1) is 29.5. The lowest BCUT2D eigenvalue weighted by Gasteiger charge is -2.18. The van der Waals surface area contributed by atoms with E-state index in [2.05, 4.69) is 81.5 Å². The summed E-state index contributed by atoms with van der Waals surface area (Å²) in [5.41, 5.74) is 0. The minimum atomic E-state index is -0.787. The van der Waals surface area contributed by atoms with E-state index in [9.17, 15) is 14.4 Å². The van der Waals surface area contributed by atoms with Gasteiger partial charge in [0.05, 0.1) is 0 Å². The van der Waals surface area contributed by atoms with Crippen molar-refractivity contribution in [3.8, 4) is 0 Å². The van der Waals surface area contributed by atoms with Gasteiger partial charge in [-0.05, 0) is 103 Å². The van der Waals surface area contributed by atoms with Crippen LogP contribution in [-0.4, -0.2) is 37.2 Å². The van der Waals surface area contributed by atoms with Gasteiger partial charge in [0.2, 0.25) is 0 Å². The van der Waals surface area contributed by atoms with E-state index in [-0.39, 0.29) is 31.1 Å². The van der Waals surface area contributed by atoms with Crippen LogP contribution in [0.1, 0.15) is 245 Å². The van der Waals surface area contributed by atoms with E-state index >= 15 is 0 Å². The lowest BCUT2D eigenvalue weighted by atomic mass is 10.1. The second-order valence-electron chi connectivity index (χ2n) is 16.7. The van der Waals surface area contributed by atoms with E-state index in [0.29, 0.717) is 19.3 Å². The van der Waals surface area contributed by atoms with Crippen molar-refractivity contribution in [2.45, 2.75) is 252 Å². The Bertz CT molecular complexity index is 1100. The third kappa shape index (κ3) is 46.2. The summed E-state index contributed by atoms with van der Waals surface area (Å²) in [5.74, 6) is -0.919. The van der Waals surface area contributed by atoms with Crippen molar-refractivity contribution < 1.29 is 28.6 Å². The predicted octanol–water partition coefficient (Wildman–Crippen LogP) is 16.5. The van der Waals surface area contributed by atoms with Crippen molar-refractivity contribution >= 4 is 17.9 Å². The molecular formula is C54H94O6. The van der Waals surface area contributed by atoms with Crippen molar-refractivity contribution in [1.29, 1.82) is 0 Å². The zero-order valence-electron chi connectivity index (χ0n) is 39.5. The topological polar surface area (TPSA) is 78.9 Å². The molecule has 1 atom stereocenters. The van der Waals surface area contributed by atoms with E-state index in [0.717, 1.165) is 116 Å². The van der Waals surface area contributed by atoms with Gasteiger partial charge < -0.3 is 14.2 Å². The van der Waals surface area contributed by atoms with Crippen molar-refractivity contribution in [2.24, 2.45) is 0 Å². The Hall–Kier alpha value is -2.89. The first-order valence-corrected chi connectivity index (χ1v) is 25.3. The fraction of sp³-hybridized carbons (Fsp3) is 0.759. The van der Waals surface area contributed by atoms with Crippen molar-refractivity contribution in [3.05, 3.63) is 60.8 Å². The van der Waals surface area contributed by atoms with Gasteiger partial charge in [-0.25, -0.2) is 0 Å². The molecule has 0 aromatic carbocycles. The third-order valence-electron chi connectivity index (χ3n) is 10.7. The van der Waals surface area contributed by atoms with E-state index in [4.69, 9.17) is 14.2 Å². The van der Waals surface area contributed by atoms with Crippen LogP contribution < -0.4 is 0 Å². The highest BCUT2D eigenvalue weighted by molar-refractivity contribution is 5.71. The second-order valence-corrected chi connectivity index (χ2v) is 16.7. The number of carbonyl (C=O) groups excluding carboxylic acids is 3. The van der Waals surface area contributed by atoms with E-state index in [1.165, 1.54) is 89.9 Å². The fourth-order valence-electron chi connectivity index (χ4n) is 6.92. The SMILES string of the molecule is CC/C=C\C/C=C\C/C=C\CCCCCCCC(=O)OC[C@@H](COC(=O)CCCCCCC/C=C\CCCCCC)OC(=O)CCCCCCC/C=C\CCCCCCC. The molecule has 0 radical (unpaired) electrons. The van der Waals surface area contributed by atoms with E-state index in [1.54, 1.807) is 0 Å². The summed E-state index contributed by atoms with van der Waals surface area (Å²) in [6, 6.07) is 0. The van der Waals surface area contributed by atoms with Crippen molar-refractivity contribution in [2.75, 3.05) is 13.2 Å². The molecule has 0 rings (SSSR count). The molecule has 0 amide bonds. The van der Waals surface area contributed by atoms with Crippen LogP contribution >= 0.6 is 0 Å². The highest BCUT2D eigenvalue weighted by Gasteiger charge is 2.19. The minimum Gasteiger partial charge on any atom is -0.462 e. The predicted molar refractivity (Wildman–Crippen MR) is 256 cm³/mol. The summed E-state index contributed by atoms with van der Waals surface area (Å²) in [5, 5.41) is 0. The Labute approximate surface area is 370 Å². The highest BCUT2D eigenvalue weighted by atomic mass is 16.6. The molecule has 0 fully saturated rings. The molecule has 0 saturated heterocycles. The van der Waals surface area contributed by atoms with Crippen LogP contribution in [0.15, 0.2) is 60.8 Å². The van der Waals surface area contributed by atoms with Crippen LogP contribution in [0.5, 0.6) is 0 Å². The molecular weight excluding hydrogens is 745 g/mol. The average molecular weight is 839 g/mol. The molecule has 0 bridgehead atoms. The molecule has 0 aliphatic heterocycles. The standard InChI is InChI=1S/C54H94O6/c1-4-7-10-13-16-19-22-25-27-30-32-35-38-41-44-47-53(56)59-50-51(49-58-52(55)46-43-40-37-34-31-28-24-21-18-15-12-9-6-3)60-54(57)48-45-42-39-36-33-29-26-23-20-17-14-11-8-5-2/h7,10,16,19,21,23-27,51H,4-6,8-9,11-15,17-18,20,22,28-50H2,1-3H3/b10-7-,19-16-,24-21-,26-23-,27-25-/t51-/m1/s1. The number of allylic oxidation sites excluding steroid dienone is 10. The maximum absolute atomic E-state index is 12.8. The van der Waals surface area contributed by atoms with Gasteiger partial charge in [-0.2, -0.15) is 0 Å². The number of hydrogen-bond donors (Lipinski definition) is 0.